The Hall–Kier alpha value is -1.50. The lowest BCUT2D eigenvalue weighted by molar-refractivity contribution is -0.140. The van der Waals surface area contributed by atoms with Gasteiger partial charge in [-0.15, -0.1) is 5.10 Å². The lowest BCUT2D eigenvalue weighted by atomic mass is 9.71. The van der Waals surface area contributed by atoms with Crippen LogP contribution >= 0.6 is 11.5 Å². The normalized spacial score (nSPS) is 17.9. The van der Waals surface area contributed by atoms with Crippen LogP contribution in [0.3, 0.4) is 0 Å². The van der Waals surface area contributed by atoms with Gasteiger partial charge in [0.1, 0.15) is 4.88 Å². The number of rotatable bonds is 5. The van der Waals surface area contributed by atoms with Crippen molar-refractivity contribution in [3.05, 3.63) is 11.1 Å². The van der Waals surface area contributed by atoms with Crippen molar-refractivity contribution in [3.63, 3.8) is 0 Å². The summed E-state index contributed by atoms with van der Waals surface area (Å²) in [5.41, 5.74) is -0.294. The summed E-state index contributed by atoms with van der Waals surface area (Å²) in [6, 6.07) is 0. The molecule has 1 aromatic heterocycles. The molecule has 1 saturated carbocycles. The minimum absolute atomic E-state index is 0.119. The van der Waals surface area contributed by atoms with E-state index in [9.17, 15) is 9.59 Å². The Morgan fingerprint density at radius 1 is 1.37 bits per heavy atom. The molecule has 19 heavy (non-hydrogen) atoms. The van der Waals surface area contributed by atoms with Gasteiger partial charge in [0.05, 0.1) is 12.6 Å². The van der Waals surface area contributed by atoms with Gasteiger partial charge in [-0.3, -0.25) is 9.59 Å². The fraction of sp³-hybridized carbons (Fsp3) is 0.667. The summed E-state index contributed by atoms with van der Waals surface area (Å²) in [6.45, 7) is 0.413. The highest BCUT2D eigenvalue weighted by atomic mass is 32.1. The van der Waals surface area contributed by atoms with Crippen LogP contribution in [0, 0.1) is 5.41 Å². The first kappa shape index (κ1) is 13.9. The second-order valence-corrected chi connectivity index (χ2v) is 5.88. The standard InChI is InChI=1S/C12H17N3O3S/c16-10(17)6-12(4-2-1-3-5-12)8-13-11(18)9-7-14-15-19-9/h7H,1-6,8H2,(H,13,18)(H,16,17). The van der Waals surface area contributed by atoms with Crippen LogP contribution in [0.1, 0.15) is 48.2 Å². The SMILES string of the molecule is O=C(O)CC1(CNC(=O)c2cnns2)CCCCC1. The lowest BCUT2D eigenvalue weighted by Crippen LogP contribution is -2.40. The van der Waals surface area contributed by atoms with E-state index in [0.29, 0.717) is 11.4 Å². The predicted octanol–water partition coefficient (Wildman–Crippen LogP) is 1.69. The maximum atomic E-state index is 11.8. The first-order chi connectivity index (χ1) is 9.11. The van der Waals surface area contributed by atoms with Crippen LogP contribution in [0.4, 0.5) is 0 Å². The molecular formula is C12H17N3O3S. The molecule has 104 valence electrons. The molecule has 0 radical (unpaired) electrons. The third kappa shape index (κ3) is 3.73. The first-order valence-corrected chi connectivity index (χ1v) is 7.16. The summed E-state index contributed by atoms with van der Waals surface area (Å²) < 4.78 is 3.64. The summed E-state index contributed by atoms with van der Waals surface area (Å²) in [7, 11) is 0. The van der Waals surface area contributed by atoms with Crippen LogP contribution in [0.25, 0.3) is 0 Å². The van der Waals surface area contributed by atoms with Gasteiger partial charge in [-0.1, -0.05) is 23.8 Å². The molecule has 0 bridgehead atoms. The number of amides is 1. The average Bonchev–Trinajstić information content (AvgIpc) is 2.90. The molecular weight excluding hydrogens is 266 g/mol. The number of carbonyl (C=O) groups excluding carboxylic acids is 1. The summed E-state index contributed by atoms with van der Waals surface area (Å²) in [5.74, 6) is -1.01. The zero-order valence-electron chi connectivity index (χ0n) is 10.6. The van der Waals surface area contributed by atoms with Crippen LogP contribution in [0.2, 0.25) is 0 Å². The molecule has 1 amide bonds. The number of hydrogen-bond donors (Lipinski definition) is 2. The van der Waals surface area contributed by atoms with Crippen molar-refractivity contribution in [3.8, 4) is 0 Å². The predicted molar refractivity (Wildman–Crippen MR) is 70.0 cm³/mol. The van der Waals surface area contributed by atoms with E-state index in [1.54, 1.807) is 0 Å². The minimum Gasteiger partial charge on any atom is -0.481 e. The van der Waals surface area contributed by atoms with E-state index >= 15 is 0 Å². The van der Waals surface area contributed by atoms with E-state index < -0.39 is 5.97 Å². The van der Waals surface area contributed by atoms with E-state index in [0.717, 1.165) is 43.6 Å². The van der Waals surface area contributed by atoms with Gasteiger partial charge in [0.25, 0.3) is 5.91 Å². The third-order valence-electron chi connectivity index (χ3n) is 3.65. The number of hydrogen-bond acceptors (Lipinski definition) is 5. The second kappa shape index (κ2) is 6.10. The Bertz CT molecular complexity index is 441. The molecule has 1 aromatic rings. The van der Waals surface area contributed by atoms with E-state index in [4.69, 9.17) is 5.11 Å². The quantitative estimate of drug-likeness (QED) is 0.858. The van der Waals surface area contributed by atoms with Gasteiger partial charge >= 0.3 is 5.97 Å². The van der Waals surface area contributed by atoms with Crippen LogP contribution in [-0.2, 0) is 4.79 Å². The highest BCUT2D eigenvalue weighted by Crippen LogP contribution is 2.38. The minimum atomic E-state index is -0.796. The summed E-state index contributed by atoms with van der Waals surface area (Å²) in [5, 5.41) is 15.5. The Labute approximate surface area is 115 Å². The maximum absolute atomic E-state index is 11.8. The Kier molecular flexibility index (Phi) is 4.47. The lowest BCUT2D eigenvalue weighted by Gasteiger charge is -2.36. The molecule has 6 nitrogen and oxygen atoms in total. The molecule has 0 unspecified atom stereocenters. The fourth-order valence-electron chi connectivity index (χ4n) is 2.66. The number of carboxylic acids is 1. The van der Waals surface area contributed by atoms with Crippen LogP contribution < -0.4 is 5.32 Å². The molecule has 1 aliphatic carbocycles. The van der Waals surface area contributed by atoms with Crippen molar-refractivity contribution < 1.29 is 14.7 Å². The Morgan fingerprint density at radius 2 is 2.11 bits per heavy atom. The topological polar surface area (TPSA) is 92.2 Å². The molecule has 1 heterocycles. The van der Waals surface area contributed by atoms with Crippen LogP contribution in [0.5, 0.6) is 0 Å². The Balaban J connectivity index is 1.96. The molecule has 0 saturated heterocycles. The molecule has 0 aliphatic heterocycles. The van der Waals surface area contributed by atoms with Crippen molar-refractivity contribution in [2.75, 3.05) is 6.54 Å². The Morgan fingerprint density at radius 3 is 2.68 bits per heavy atom. The molecule has 0 aromatic carbocycles. The number of aliphatic carboxylic acids is 1. The van der Waals surface area contributed by atoms with E-state index in [2.05, 4.69) is 14.9 Å². The summed E-state index contributed by atoms with van der Waals surface area (Å²) in [4.78, 5) is 23.3. The molecule has 0 atom stereocenters. The highest BCUT2D eigenvalue weighted by molar-refractivity contribution is 7.07. The molecule has 7 heteroatoms. The van der Waals surface area contributed by atoms with Crippen LogP contribution in [0.15, 0.2) is 6.20 Å². The van der Waals surface area contributed by atoms with E-state index in [-0.39, 0.29) is 17.7 Å². The van der Waals surface area contributed by atoms with Gasteiger partial charge in [-0.2, -0.15) is 0 Å². The summed E-state index contributed by atoms with van der Waals surface area (Å²) >= 11 is 1.04. The van der Waals surface area contributed by atoms with Gasteiger partial charge < -0.3 is 10.4 Å². The van der Waals surface area contributed by atoms with Crippen LogP contribution in [-0.4, -0.2) is 33.1 Å². The van der Waals surface area contributed by atoms with Crippen molar-refractivity contribution >= 4 is 23.4 Å². The number of nitrogens with zero attached hydrogens (tertiary/aromatic N) is 2. The van der Waals surface area contributed by atoms with Crippen molar-refractivity contribution in [2.45, 2.75) is 38.5 Å². The fourth-order valence-corrected chi connectivity index (χ4v) is 3.09. The highest BCUT2D eigenvalue weighted by Gasteiger charge is 2.34. The van der Waals surface area contributed by atoms with Gasteiger partial charge in [-0.25, -0.2) is 0 Å². The second-order valence-electron chi connectivity index (χ2n) is 5.10. The first-order valence-electron chi connectivity index (χ1n) is 6.39. The largest absolute Gasteiger partial charge is 0.481 e. The molecule has 2 N–H and O–H groups in total. The third-order valence-corrected chi connectivity index (χ3v) is 4.31. The smallest absolute Gasteiger partial charge is 0.303 e. The van der Waals surface area contributed by atoms with Crippen molar-refractivity contribution in [1.82, 2.24) is 14.9 Å². The number of carboxylic acid groups (broad SMARTS) is 1. The van der Waals surface area contributed by atoms with Gasteiger partial charge in [0.2, 0.25) is 0 Å². The van der Waals surface area contributed by atoms with E-state index in [1.807, 2.05) is 0 Å². The molecule has 0 spiro atoms. The summed E-state index contributed by atoms with van der Waals surface area (Å²) in [6.07, 6.45) is 6.48. The van der Waals surface area contributed by atoms with Crippen molar-refractivity contribution in [1.29, 1.82) is 0 Å². The maximum Gasteiger partial charge on any atom is 0.303 e. The number of nitrogens with one attached hydrogen (secondary N) is 1. The van der Waals surface area contributed by atoms with E-state index in [1.165, 1.54) is 6.20 Å². The molecule has 2 rings (SSSR count). The number of aromatic nitrogens is 2. The van der Waals surface area contributed by atoms with Gasteiger partial charge in [0.15, 0.2) is 0 Å². The average molecular weight is 283 g/mol. The van der Waals surface area contributed by atoms with Gasteiger partial charge in [0, 0.05) is 6.54 Å². The number of carbonyl (C=O) groups is 2. The monoisotopic (exact) mass is 283 g/mol. The zero-order valence-corrected chi connectivity index (χ0v) is 11.4. The van der Waals surface area contributed by atoms with Crippen molar-refractivity contribution in [2.24, 2.45) is 5.41 Å². The van der Waals surface area contributed by atoms with Gasteiger partial charge in [-0.05, 0) is 29.8 Å². The zero-order chi connectivity index (χ0) is 13.7. The molecule has 1 fully saturated rings. The molecule has 1 aliphatic rings.